The van der Waals surface area contributed by atoms with Gasteiger partial charge in [0.1, 0.15) is 0 Å². The maximum Gasteiger partial charge on any atom is -0.0165 e. The molecule has 0 radical (unpaired) electrons. The maximum absolute atomic E-state index is 4.25. The zero-order valence-electron chi connectivity index (χ0n) is 9.72. The van der Waals surface area contributed by atoms with Crippen LogP contribution < -0.4 is 0 Å². The van der Waals surface area contributed by atoms with E-state index in [1.807, 2.05) is 0 Å². The van der Waals surface area contributed by atoms with Crippen LogP contribution in [0.15, 0.2) is 36.0 Å². The van der Waals surface area contributed by atoms with Crippen molar-refractivity contribution in [3.05, 3.63) is 36.0 Å². The fourth-order valence-corrected chi connectivity index (χ4v) is 1.86. The zero-order chi connectivity index (χ0) is 10.6. The van der Waals surface area contributed by atoms with Crippen LogP contribution in [0.1, 0.15) is 40.0 Å². The third-order valence-electron chi connectivity index (χ3n) is 3.06. The lowest BCUT2D eigenvalue weighted by atomic mass is 9.75. The second-order valence-electron chi connectivity index (χ2n) is 4.46. The van der Waals surface area contributed by atoms with E-state index >= 15 is 0 Å². The second-order valence-corrected chi connectivity index (χ2v) is 4.46. The predicted molar refractivity (Wildman–Crippen MR) is 64.2 cm³/mol. The van der Waals surface area contributed by atoms with E-state index in [-0.39, 0.29) is 0 Å². The van der Waals surface area contributed by atoms with Crippen LogP contribution in [0.3, 0.4) is 0 Å². The van der Waals surface area contributed by atoms with Gasteiger partial charge in [0.25, 0.3) is 0 Å². The summed E-state index contributed by atoms with van der Waals surface area (Å²) in [6.07, 6.45) is 10.5. The molecule has 0 N–H and O–H groups in total. The van der Waals surface area contributed by atoms with Crippen molar-refractivity contribution >= 4 is 0 Å². The zero-order valence-corrected chi connectivity index (χ0v) is 9.72. The fraction of sp³-hybridized carbons (Fsp3) is 0.571. The van der Waals surface area contributed by atoms with E-state index in [1.165, 1.54) is 30.4 Å². The van der Waals surface area contributed by atoms with Crippen LogP contribution in [0.5, 0.6) is 0 Å². The molecule has 0 nitrogen and oxygen atoms in total. The number of rotatable bonds is 4. The first-order valence-corrected chi connectivity index (χ1v) is 5.68. The van der Waals surface area contributed by atoms with Gasteiger partial charge in [0.15, 0.2) is 0 Å². The normalized spacial score (nSPS) is 19.0. The molecule has 78 valence electrons. The van der Waals surface area contributed by atoms with Crippen LogP contribution in [0.25, 0.3) is 0 Å². The van der Waals surface area contributed by atoms with Gasteiger partial charge in [0.05, 0.1) is 0 Å². The Labute approximate surface area is 88.4 Å². The average Bonchev–Trinajstić information content (AvgIpc) is 2.01. The molecule has 0 heteroatoms. The van der Waals surface area contributed by atoms with E-state index in [0.29, 0.717) is 5.92 Å². The Morgan fingerprint density at radius 1 is 1.36 bits per heavy atom. The van der Waals surface area contributed by atoms with E-state index in [1.54, 1.807) is 0 Å². The molecule has 0 atom stereocenters. The van der Waals surface area contributed by atoms with E-state index in [0.717, 1.165) is 5.92 Å². The Bertz CT molecular complexity index is 249. The van der Waals surface area contributed by atoms with E-state index < -0.39 is 0 Å². The largest absolute Gasteiger partial charge is 0.0953 e. The lowest BCUT2D eigenvalue weighted by molar-refractivity contribution is 0.368. The first kappa shape index (κ1) is 11.3. The molecule has 1 saturated carbocycles. The third-order valence-corrected chi connectivity index (χ3v) is 3.06. The first-order chi connectivity index (χ1) is 6.66. The molecular weight excluding hydrogens is 168 g/mol. The molecule has 0 aromatic carbocycles. The van der Waals surface area contributed by atoms with E-state index in [9.17, 15) is 0 Å². The van der Waals surface area contributed by atoms with Crippen LogP contribution in [0, 0.1) is 11.8 Å². The van der Waals surface area contributed by atoms with Crippen LogP contribution >= 0.6 is 0 Å². The van der Waals surface area contributed by atoms with Crippen molar-refractivity contribution in [2.24, 2.45) is 11.8 Å². The lowest BCUT2D eigenvalue weighted by Crippen LogP contribution is -2.16. The van der Waals surface area contributed by atoms with Crippen molar-refractivity contribution in [2.75, 3.05) is 0 Å². The first-order valence-electron chi connectivity index (χ1n) is 5.68. The van der Waals surface area contributed by atoms with Gasteiger partial charge < -0.3 is 0 Å². The second kappa shape index (κ2) is 5.19. The SMILES string of the molecule is C=C(/C(=C\C=C/C)C(C)C)C1CCC1. The maximum atomic E-state index is 4.25. The van der Waals surface area contributed by atoms with Gasteiger partial charge in [-0.3, -0.25) is 0 Å². The highest BCUT2D eigenvalue weighted by Gasteiger charge is 2.23. The molecule has 1 fully saturated rings. The quantitative estimate of drug-likeness (QED) is 0.572. The van der Waals surface area contributed by atoms with E-state index in [4.69, 9.17) is 0 Å². The molecule has 0 aromatic heterocycles. The molecule has 14 heavy (non-hydrogen) atoms. The summed E-state index contributed by atoms with van der Waals surface area (Å²) in [5.74, 6) is 1.37. The molecule has 0 heterocycles. The lowest BCUT2D eigenvalue weighted by Gasteiger charge is -2.30. The number of allylic oxidation sites excluding steroid dienone is 5. The molecule has 1 rings (SSSR count). The number of hydrogen-bond donors (Lipinski definition) is 0. The van der Waals surface area contributed by atoms with Crippen molar-refractivity contribution in [3.8, 4) is 0 Å². The predicted octanol–water partition coefficient (Wildman–Crippen LogP) is 4.50. The molecule has 0 saturated heterocycles. The summed E-state index contributed by atoms with van der Waals surface area (Å²) < 4.78 is 0. The third kappa shape index (κ3) is 2.60. The summed E-state index contributed by atoms with van der Waals surface area (Å²) in [5, 5.41) is 0. The van der Waals surface area contributed by atoms with Crippen LogP contribution in [-0.4, -0.2) is 0 Å². The Morgan fingerprint density at radius 3 is 2.36 bits per heavy atom. The van der Waals surface area contributed by atoms with Gasteiger partial charge in [-0.15, -0.1) is 0 Å². The van der Waals surface area contributed by atoms with Gasteiger partial charge in [0.2, 0.25) is 0 Å². The van der Waals surface area contributed by atoms with Gasteiger partial charge in [-0.2, -0.15) is 0 Å². The molecule has 1 aliphatic carbocycles. The summed E-state index contributed by atoms with van der Waals surface area (Å²) in [4.78, 5) is 0. The topological polar surface area (TPSA) is 0 Å². The van der Waals surface area contributed by atoms with Crippen molar-refractivity contribution in [2.45, 2.75) is 40.0 Å². The highest BCUT2D eigenvalue weighted by Crippen LogP contribution is 2.37. The Balaban J connectivity index is 2.71. The summed E-state index contributed by atoms with van der Waals surface area (Å²) in [6, 6.07) is 0. The van der Waals surface area contributed by atoms with Crippen molar-refractivity contribution in [1.82, 2.24) is 0 Å². The summed E-state index contributed by atoms with van der Waals surface area (Å²) in [7, 11) is 0. The molecule has 0 aromatic rings. The van der Waals surface area contributed by atoms with Crippen molar-refractivity contribution in [1.29, 1.82) is 0 Å². The monoisotopic (exact) mass is 190 g/mol. The van der Waals surface area contributed by atoms with Crippen molar-refractivity contribution in [3.63, 3.8) is 0 Å². The van der Waals surface area contributed by atoms with Crippen LogP contribution in [0.2, 0.25) is 0 Å². The molecule has 1 aliphatic rings. The van der Waals surface area contributed by atoms with Gasteiger partial charge in [-0.25, -0.2) is 0 Å². The summed E-state index contributed by atoms with van der Waals surface area (Å²) >= 11 is 0. The molecule has 0 amide bonds. The Kier molecular flexibility index (Phi) is 4.19. The van der Waals surface area contributed by atoms with Gasteiger partial charge in [-0.05, 0) is 42.7 Å². The van der Waals surface area contributed by atoms with Gasteiger partial charge in [0, 0.05) is 0 Å². The summed E-state index contributed by atoms with van der Waals surface area (Å²) in [6.45, 7) is 10.8. The molecule has 0 aliphatic heterocycles. The van der Waals surface area contributed by atoms with Gasteiger partial charge in [-0.1, -0.05) is 45.1 Å². The van der Waals surface area contributed by atoms with Crippen LogP contribution in [0.4, 0.5) is 0 Å². The minimum Gasteiger partial charge on any atom is -0.0953 e. The Morgan fingerprint density at radius 2 is 2.00 bits per heavy atom. The van der Waals surface area contributed by atoms with Crippen LogP contribution in [-0.2, 0) is 0 Å². The smallest absolute Gasteiger partial charge is 0.0165 e. The van der Waals surface area contributed by atoms with Gasteiger partial charge >= 0.3 is 0 Å². The number of hydrogen-bond acceptors (Lipinski definition) is 0. The van der Waals surface area contributed by atoms with Crippen molar-refractivity contribution < 1.29 is 0 Å². The highest BCUT2D eigenvalue weighted by atomic mass is 14.3. The minimum absolute atomic E-state index is 0.597. The molecule has 0 bridgehead atoms. The standard InChI is InChI=1S/C14H22/c1-5-6-10-14(11(2)3)12(4)13-8-7-9-13/h5-6,10-11,13H,4,7-9H2,1-3H3/b6-5-,14-10-. The molecular formula is C14H22. The van der Waals surface area contributed by atoms with E-state index in [2.05, 4.69) is 45.6 Å². The average molecular weight is 190 g/mol. The molecule has 0 spiro atoms. The Hall–Kier alpha value is -0.780. The fourth-order valence-electron chi connectivity index (χ4n) is 1.86. The minimum atomic E-state index is 0.597. The highest BCUT2D eigenvalue weighted by molar-refractivity contribution is 5.35. The summed E-state index contributed by atoms with van der Waals surface area (Å²) in [5.41, 5.74) is 2.82. The molecule has 0 unspecified atom stereocenters.